The van der Waals surface area contributed by atoms with Gasteiger partial charge in [0.05, 0.1) is 12.9 Å². The molecule has 0 bridgehead atoms. The fourth-order valence-corrected chi connectivity index (χ4v) is 3.29. The maximum Gasteiger partial charge on any atom is 0.251 e. The van der Waals surface area contributed by atoms with Gasteiger partial charge in [0.25, 0.3) is 5.91 Å². The van der Waals surface area contributed by atoms with E-state index < -0.39 is 6.04 Å². The lowest BCUT2D eigenvalue weighted by Crippen LogP contribution is -2.43. The van der Waals surface area contributed by atoms with Gasteiger partial charge in [-0.2, -0.15) is 0 Å². The molecule has 0 fully saturated rings. The Labute approximate surface area is 175 Å². The third kappa shape index (κ3) is 4.52. The van der Waals surface area contributed by atoms with Crippen molar-refractivity contribution in [2.75, 3.05) is 0 Å². The highest BCUT2D eigenvalue weighted by atomic mass is 16.2. The zero-order chi connectivity index (χ0) is 20.8. The van der Waals surface area contributed by atoms with Crippen LogP contribution in [0.25, 0.3) is 11.1 Å². The molecule has 0 aliphatic carbocycles. The van der Waals surface area contributed by atoms with Crippen LogP contribution in [0.3, 0.4) is 0 Å². The molecule has 30 heavy (non-hydrogen) atoms. The van der Waals surface area contributed by atoms with Crippen molar-refractivity contribution in [2.24, 2.45) is 0 Å². The lowest BCUT2D eigenvalue weighted by molar-refractivity contribution is 0.0847. The summed E-state index contributed by atoms with van der Waals surface area (Å²) >= 11 is 0. The third-order valence-corrected chi connectivity index (χ3v) is 4.89. The summed E-state index contributed by atoms with van der Waals surface area (Å²) in [5, 5.41) is 2.89. The summed E-state index contributed by atoms with van der Waals surface area (Å²) in [7, 11) is 0. The normalized spacial score (nSPS) is 11.6. The Hall–Kier alpha value is -3.99. The van der Waals surface area contributed by atoms with Crippen LogP contribution in [0.1, 0.15) is 20.7 Å². The summed E-state index contributed by atoms with van der Waals surface area (Å²) in [4.78, 5) is 29.9. The number of imidazole rings is 1. The van der Waals surface area contributed by atoms with Crippen LogP contribution in [0.4, 0.5) is 0 Å². The molecule has 1 unspecified atom stereocenters. The number of benzene rings is 3. The zero-order valence-corrected chi connectivity index (χ0v) is 16.3. The summed E-state index contributed by atoms with van der Waals surface area (Å²) in [6, 6.07) is 25.6. The molecular weight excluding hydrogens is 374 g/mol. The summed E-state index contributed by atoms with van der Waals surface area (Å²) in [5.74, 6) is -0.428. The van der Waals surface area contributed by atoms with E-state index in [9.17, 15) is 9.59 Å². The second-order valence-corrected chi connectivity index (χ2v) is 6.96. The molecular formula is C25H21N3O2. The predicted octanol–water partition coefficient (Wildman–Crippen LogP) is 4.23. The number of nitrogens with one attached hydrogen (secondary N) is 1. The number of Topliss-reactive ketones (excluding diaryl/α,β-unsaturated/α-hetero) is 1. The van der Waals surface area contributed by atoms with Gasteiger partial charge in [0.2, 0.25) is 0 Å². The lowest BCUT2D eigenvalue weighted by atomic mass is 10.0. The molecule has 1 N–H and O–H groups in total. The van der Waals surface area contributed by atoms with Crippen LogP contribution in [0.5, 0.6) is 0 Å². The van der Waals surface area contributed by atoms with E-state index in [0.717, 1.165) is 11.1 Å². The molecule has 0 radical (unpaired) electrons. The molecule has 1 heterocycles. The van der Waals surface area contributed by atoms with Crippen molar-refractivity contribution >= 4 is 11.7 Å². The maximum atomic E-state index is 13.0. The van der Waals surface area contributed by atoms with Gasteiger partial charge in [-0.3, -0.25) is 9.59 Å². The topological polar surface area (TPSA) is 64.0 Å². The molecule has 1 amide bonds. The highest BCUT2D eigenvalue weighted by molar-refractivity contribution is 6.04. The molecule has 1 aromatic heterocycles. The van der Waals surface area contributed by atoms with E-state index >= 15 is 0 Å². The van der Waals surface area contributed by atoms with Crippen LogP contribution in [0.2, 0.25) is 0 Å². The van der Waals surface area contributed by atoms with Crippen LogP contribution < -0.4 is 5.32 Å². The van der Waals surface area contributed by atoms with Gasteiger partial charge in [-0.1, -0.05) is 72.8 Å². The van der Waals surface area contributed by atoms with Crippen LogP contribution in [-0.2, 0) is 6.54 Å². The Morgan fingerprint density at radius 1 is 0.800 bits per heavy atom. The van der Waals surface area contributed by atoms with Crippen LogP contribution in [0.15, 0.2) is 104 Å². The molecule has 0 saturated carbocycles. The van der Waals surface area contributed by atoms with Gasteiger partial charge in [0.15, 0.2) is 5.78 Å². The van der Waals surface area contributed by atoms with Crippen molar-refractivity contribution in [1.29, 1.82) is 0 Å². The van der Waals surface area contributed by atoms with E-state index in [1.54, 1.807) is 47.6 Å². The standard InChI is InChI=1S/C25H21N3O2/c29-24(21-9-5-2-6-10-21)23(17-28-16-15-26-18-28)27-25(30)22-13-11-20(12-14-22)19-7-3-1-4-8-19/h1-16,18,23H,17H2,(H,27,30). The molecule has 4 aromatic rings. The van der Waals surface area contributed by atoms with Crippen LogP contribution in [-0.4, -0.2) is 27.3 Å². The average Bonchev–Trinajstić information content (AvgIpc) is 3.32. The SMILES string of the molecule is O=C(NC(Cn1ccnc1)C(=O)c1ccccc1)c1ccc(-c2ccccc2)cc1. The van der Waals surface area contributed by atoms with E-state index in [1.165, 1.54) is 0 Å². The van der Waals surface area contributed by atoms with Crippen molar-refractivity contribution in [3.63, 3.8) is 0 Å². The maximum absolute atomic E-state index is 13.0. The highest BCUT2D eigenvalue weighted by Gasteiger charge is 2.23. The second kappa shape index (κ2) is 9.01. The van der Waals surface area contributed by atoms with Gasteiger partial charge in [-0.05, 0) is 23.3 Å². The quantitative estimate of drug-likeness (QED) is 0.476. The van der Waals surface area contributed by atoms with E-state index in [0.29, 0.717) is 17.7 Å². The highest BCUT2D eigenvalue weighted by Crippen LogP contribution is 2.19. The molecule has 3 aromatic carbocycles. The smallest absolute Gasteiger partial charge is 0.251 e. The Morgan fingerprint density at radius 2 is 1.43 bits per heavy atom. The predicted molar refractivity (Wildman–Crippen MR) is 116 cm³/mol. The minimum absolute atomic E-state index is 0.140. The Morgan fingerprint density at radius 3 is 2.07 bits per heavy atom. The van der Waals surface area contributed by atoms with Gasteiger partial charge in [0.1, 0.15) is 6.04 Å². The molecule has 0 spiro atoms. The number of nitrogens with zero attached hydrogens (tertiary/aromatic N) is 2. The number of ketones is 1. The lowest BCUT2D eigenvalue weighted by Gasteiger charge is -2.18. The molecule has 0 aliphatic rings. The fraction of sp³-hybridized carbons (Fsp3) is 0.0800. The molecule has 0 saturated heterocycles. The average molecular weight is 395 g/mol. The summed E-state index contributed by atoms with van der Waals surface area (Å²) < 4.78 is 1.78. The minimum atomic E-state index is -0.706. The van der Waals surface area contributed by atoms with E-state index in [1.807, 2.05) is 60.7 Å². The van der Waals surface area contributed by atoms with E-state index in [-0.39, 0.29) is 11.7 Å². The number of hydrogen-bond acceptors (Lipinski definition) is 3. The molecule has 0 aliphatic heterocycles. The second-order valence-electron chi connectivity index (χ2n) is 6.96. The molecule has 148 valence electrons. The first-order chi connectivity index (χ1) is 14.7. The molecule has 5 nitrogen and oxygen atoms in total. The van der Waals surface area contributed by atoms with Gasteiger partial charge in [0, 0.05) is 23.5 Å². The number of aromatic nitrogens is 2. The van der Waals surface area contributed by atoms with E-state index in [4.69, 9.17) is 0 Å². The molecule has 5 heteroatoms. The largest absolute Gasteiger partial charge is 0.340 e. The zero-order valence-electron chi connectivity index (χ0n) is 16.3. The Bertz CT molecular complexity index is 1110. The Balaban J connectivity index is 1.53. The molecule has 4 rings (SSSR count). The monoisotopic (exact) mass is 395 g/mol. The van der Waals surface area contributed by atoms with Gasteiger partial charge in [-0.25, -0.2) is 4.98 Å². The summed E-state index contributed by atoms with van der Waals surface area (Å²) in [6.07, 6.45) is 5.05. The van der Waals surface area contributed by atoms with Crippen molar-refractivity contribution in [2.45, 2.75) is 12.6 Å². The fourth-order valence-electron chi connectivity index (χ4n) is 3.29. The van der Waals surface area contributed by atoms with Crippen molar-refractivity contribution in [1.82, 2.24) is 14.9 Å². The van der Waals surface area contributed by atoms with Crippen molar-refractivity contribution < 1.29 is 9.59 Å². The number of hydrogen-bond donors (Lipinski definition) is 1. The number of rotatable bonds is 7. The van der Waals surface area contributed by atoms with Crippen molar-refractivity contribution in [3.8, 4) is 11.1 Å². The third-order valence-electron chi connectivity index (χ3n) is 4.89. The first-order valence-electron chi connectivity index (χ1n) is 9.72. The number of carbonyl (C=O) groups excluding carboxylic acids is 2. The molecule has 1 atom stereocenters. The number of carbonyl (C=O) groups is 2. The van der Waals surface area contributed by atoms with E-state index in [2.05, 4.69) is 10.3 Å². The summed E-state index contributed by atoms with van der Waals surface area (Å²) in [6.45, 7) is 0.307. The first kappa shape index (κ1) is 19.3. The van der Waals surface area contributed by atoms with Gasteiger partial charge >= 0.3 is 0 Å². The summed E-state index contributed by atoms with van der Waals surface area (Å²) in [5.41, 5.74) is 3.18. The number of amides is 1. The first-order valence-corrected chi connectivity index (χ1v) is 9.72. The van der Waals surface area contributed by atoms with Crippen molar-refractivity contribution in [3.05, 3.63) is 115 Å². The van der Waals surface area contributed by atoms with Gasteiger partial charge in [-0.15, -0.1) is 0 Å². The minimum Gasteiger partial charge on any atom is -0.340 e. The Kier molecular flexibility index (Phi) is 5.80. The van der Waals surface area contributed by atoms with Crippen LogP contribution in [0, 0.1) is 0 Å². The van der Waals surface area contributed by atoms with Gasteiger partial charge < -0.3 is 9.88 Å². The van der Waals surface area contributed by atoms with Crippen LogP contribution >= 0.6 is 0 Å².